The summed E-state index contributed by atoms with van der Waals surface area (Å²) in [6.07, 6.45) is 0.853. The van der Waals surface area contributed by atoms with Crippen LogP contribution in [0.4, 0.5) is 4.39 Å². The van der Waals surface area contributed by atoms with E-state index in [1.165, 1.54) is 31.4 Å². The second-order valence-electron chi connectivity index (χ2n) is 5.51. The summed E-state index contributed by atoms with van der Waals surface area (Å²) in [6.45, 7) is 0.194. The number of carboxylic acids is 1. The Labute approximate surface area is 134 Å². The summed E-state index contributed by atoms with van der Waals surface area (Å²) in [5.74, 6) is -1.93. The van der Waals surface area contributed by atoms with Crippen LogP contribution in [0.15, 0.2) is 24.3 Å². The largest absolute Gasteiger partial charge is 0.480 e. The molecule has 1 aliphatic heterocycles. The molecule has 23 heavy (non-hydrogen) atoms. The van der Waals surface area contributed by atoms with Gasteiger partial charge in [0.15, 0.2) is 0 Å². The first kappa shape index (κ1) is 17.8. The van der Waals surface area contributed by atoms with Crippen LogP contribution in [0.2, 0.25) is 0 Å². The third-order valence-corrected chi connectivity index (χ3v) is 5.86. The standard InChI is InChI=1S/C15H20FNO5S/c1-22-14(11-5-7-12(16)8-6-11)10-23(20,21)17-9-3-2-4-13(17)15(18)19/h5-8,13-14H,2-4,9-10H2,1H3,(H,18,19). The van der Waals surface area contributed by atoms with Crippen LogP contribution in [-0.4, -0.2) is 49.2 Å². The summed E-state index contributed by atoms with van der Waals surface area (Å²) < 4.78 is 44.5. The van der Waals surface area contributed by atoms with Gasteiger partial charge in [-0.15, -0.1) is 0 Å². The van der Waals surface area contributed by atoms with Crippen molar-refractivity contribution < 1.29 is 27.4 Å². The molecule has 0 aromatic heterocycles. The van der Waals surface area contributed by atoms with Gasteiger partial charge in [0.1, 0.15) is 11.9 Å². The summed E-state index contributed by atoms with van der Waals surface area (Å²) >= 11 is 0. The minimum absolute atomic E-state index is 0.194. The van der Waals surface area contributed by atoms with Crippen molar-refractivity contribution in [1.29, 1.82) is 0 Å². The lowest BCUT2D eigenvalue weighted by Crippen LogP contribution is -2.49. The number of carboxylic acid groups (broad SMARTS) is 1. The van der Waals surface area contributed by atoms with Crippen molar-refractivity contribution in [2.24, 2.45) is 0 Å². The van der Waals surface area contributed by atoms with E-state index in [-0.39, 0.29) is 12.3 Å². The van der Waals surface area contributed by atoms with Crippen LogP contribution in [0.1, 0.15) is 30.9 Å². The predicted octanol–water partition coefficient (Wildman–Crippen LogP) is 1.78. The molecular formula is C15H20FNO5S. The molecule has 0 amide bonds. The fourth-order valence-corrected chi connectivity index (χ4v) is 4.64. The van der Waals surface area contributed by atoms with Crippen molar-refractivity contribution in [2.75, 3.05) is 19.4 Å². The van der Waals surface area contributed by atoms with Crippen LogP contribution in [0.25, 0.3) is 0 Å². The number of nitrogens with zero attached hydrogens (tertiary/aromatic N) is 1. The molecule has 0 spiro atoms. The van der Waals surface area contributed by atoms with Gasteiger partial charge in [-0.3, -0.25) is 4.79 Å². The number of sulfonamides is 1. The summed E-state index contributed by atoms with van der Waals surface area (Å²) in [6, 6.07) is 4.36. The number of halogens is 1. The van der Waals surface area contributed by atoms with Crippen LogP contribution in [0.3, 0.4) is 0 Å². The Bertz CT molecular complexity index is 646. The first-order valence-electron chi connectivity index (χ1n) is 7.35. The van der Waals surface area contributed by atoms with E-state index in [1.54, 1.807) is 0 Å². The molecule has 1 aliphatic rings. The van der Waals surface area contributed by atoms with E-state index >= 15 is 0 Å². The van der Waals surface area contributed by atoms with Crippen LogP contribution in [0.5, 0.6) is 0 Å². The van der Waals surface area contributed by atoms with E-state index in [9.17, 15) is 22.7 Å². The fourth-order valence-electron chi connectivity index (χ4n) is 2.75. The lowest BCUT2D eigenvalue weighted by molar-refractivity contribution is -0.142. The van der Waals surface area contributed by atoms with E-state index in [1.807, 2.05) is 0 Å². The molecule has 0 aliphatic carbocycles. The topological polar surface area (TPSA) is 83.9 Å². The number of piperidine rings is 1. The molecule has 1 N–H and O–H groups in total. The maximum atomic E-state index is 13.0. The quantitative estimate of drug-likeness (QED) is 0.850. The van der Waals surface area contributed by atoms with Crippen molar-refractivity contribution in [2.45, 2.75) is 31.4 Å². The Kier molecular flexibility index (Phi) is 5.72. The highest BCUT2D eigenvalue weighted by molar-refractivity contribution is 7.89. The van der Waals surface area contributed by atoms with Gasteiger partial charge in [0.2, 0.25) is 10.0 Å². The van der Waals surface area contributed by atoms with Gasteiger partial charge in [-0.1, -0.05) is 12.1 Å². The van der Waals surface area contributed by atoms with Crippen LogP contribution >= 0.6 is 0 Å². The molecule has 0 bridgehead atoms. The molecule has 128 valence electrons. The lowest BCUT2D eigenvalue weighted by Gasteiger charge is -2.32. The van der Waals surface area contributed by atoms with Gasteiger partial charge >= 0.3 is 5.97 Å². The number of benzene rings is 1. The Morgan fingerprint density at radius 3 is 2.61 bits per heavy atom. The lowest BCUT2D eigenvalue weighted by atomic mass is 10.1. The van der Waals surface area contributed by atoms with Gasteiger partial charge in [-0.25, -0.2) is 12.8 Å². The minimum Gasteiger partial charge on any atom is -0.480 e. The Balaban J connectivity index is 2.20. The zero-order valence-corrected chi connectivity index (χ0v) is 13.6. The average Bonchev–Trinajstić information content (AvgIpc) is 2.53. The highest BCUT2D eigenvalue weighted by Gasteiger charge is 2.38. The van der Waals surface area contributed by atoms with Crippen LogP contribution in [0, 0.1) is 5.82 Å². The molecule has 0 saturated carbocycles. The normalized spacial score (nSPS) is 21.0. The maximum Gasteiger partial charge on any atom is 0.322 e. The summed E-state index contributed by atoms with van der Waals surface area (Å²) in [5, 5.41) is 9.23. The average molecular weight is 345 g/mol. The van der Waals surface area contributed by atoms with Gasteiger partial charge in [-0.2, -0.15) is 4.31 Å². The van der Waals surface area contributed by atoms with E-state index in [0.717, 1.165) is 4.31 Å². The van der Waals surface area contributed by atoms with Crippen molar-refractivity contribution in [3.8, 4) is 0 Å². The van der Waals surface area contributed by atoms with Gasteiger partial charge in [0, 0.05) is 13.7 Å². The predicted molar refractivity (Wildman–Crippen MR) is 81.9 cm³/mol. The number of hydrogen-bond donors (Lipinski definition) is 1. The number of carbonyl (C=O) groups is 1. The number of methoxy groups -OCH3 is 1. The third kappa shape index (κ3) is 4.27. The smallest absolute Gasteiger partial charge is 0.322 e. The second-order valence-corrected chi connectivity index (χ2v) is 7.48. The SMILES string of the molecule is COC(CS(=O)(=O)N1CCCCC1C(=O)O)c1ccc(F)cc1. The number of hydrogen-bond acceptors (Lipinski definition) is 4. The minimum atomic E-state index is -3.81. The molecule has 1 aromatic carbocycles. The maximum absolute atomic E-state index is 13.0. The Morgan fingerprint density at radius 1 is 1.39 bits per heavy atom. The van der Waals surface area contributed by atoms with Gasteiger partial charge in [0.05, 0.1) is 11.9 Å². The molecule has 0 radical (unpaired) electrons. The first-order valence-corrected chi connectivity index (χ1v) is 8.96. The van der Waals surface area contributed by atoms with E-state index < -0.39 is 34.0 Å². The molecule has 1 heterocycles. The molecule has 2 atom stereocenters. The highest BCUT2D eigenvalue weighted by atomic mass is 32.2. The first-order chi connectivity index (χ1) is 10.8. The molecule has 1 saturated heterocycles. The highest BCUT2D eigenvalue weighted by Crippen LogP contribution is 2.26. The number of ether oxygens (including phenoxy) is 1. The van der Waals surface area contributed by atoms with Crippen LogP contribution in [-0.2, 0) is 19.6 Å². The molecular weight excluding hydrogens is 325 g/mol. The molecule has 1 fully saturated rings. The van der Waals surface area contributed by atoms with Gasteiger partial charge in [-0.05, 0) is 37.0 Å². The van der Waals surface area contributed by atoms with E-state index in [4.69, 9.17) is 4.74 Å². The van der Waals surface area contributed by atoms with Crippen molar-refractivity contribution in [1.82, 2.24) is 4.31 Å². The van der Waals surface area contributed by atoms with Gasteiger partial charge in [0.25, 0.3) is 0 Å². The third-order valence-electron chi connectivity index (χ3n) is 3.98. The number of rotatable bonds is 6. The van der Waals surface area contributed by atoms with Gasteiger partial charge < -0.3 is 9.84 Å². The molecule has 1 aromatic rings. The monoisotopic (exact) mass is 345 g/mol. The van der Waals surface area contributed by atoms with E-state index in [2.05, 4.69) is 0 Å². The molecule has 8 heteroatoms. The van der Waals surface area contributed by atoms with Crippen LogP contribution < -0.4 is 0 Å². The Hall–Kier alpha value is -1.51. The second kappa shape index (κ2) is 7.37. The van der Waals surface area contributed by atoms with Crippen molar-refractivity contribution >= 4 is 16.0 Å². The fraction of sp³-hybridized carbons (Fsp3) is 0.533. The molecule has 2 unspecified atom stereocenters. The summed E-state index contributed by atoms with van der Waals surface area (Å²) in [4.78, 5) is 11.3. The number of aliphatic carboxylic acids is 1. The summed E-state index contributed by atoms with van der Waals surface area (Å²) in [7, 11) is -2.44. The van der Waals surface area contributed by atoms with Crippen molar-refractivity contribution in [3.63, 3.8) is 0 Å². The summed E-state index contributed by atoms with van der Waals surface area (Å²) in [5.41, 5.74) is 0.529. The molecule has 2 rings (SSSR count). The van der Waals surface area contributed by atoms with E-state index in [0.29, 0.717) is 24.8 Å². The zero-order valence-electron chi connectivity index (χ0n) is 12.8. The van der Waals surface area contributed by atoms with Crippen molar-refractivity contribution in [3.05, 3.63) is 35.6 Å². The zero-order chi connectivity index (χ0) is 17.0. The Morgan fingerprint density at radius 2 is 2.04 bits per heavy atom. The molecule has 6 nitrogen and oxygen atoms in total.